The number of nitrogens with one attached hydrogen (secondary N) is 1. The molecule has 0 unspecified atom stereocenters. The smallest absolute Gasteiger partial charge is 0.257 e. The number of hydrogen-bond acceptors (Lipinski definition) is 6. The Labute approximate surface area is 198 Å². The van der Waals surface area contributed by atoms with E-state index in [1.54, 1.807) is 18.3 Å². The van der Waals surface area contributed by atoms with E-state index in [2.05, 4.69) is 15.5 Å². The van der Waals surface area contributed by atoms with Crippen LogP contribution in [0, 0.1) is 0 Å². The Balaban J connectivity index is 1.27. The molecule has 0 spiro atoms. The molecule has 6 nitrogen and oxygen atoms in total. The zero-order valence-corrected chi connectivity index (χ0v) is 19.0. The topological polar surface area (TPSA) is 76.7 Å². The maximum Gasteiger partial charge on any atom is 0.257 e. The van der Waals surface area contributed by atoms with Crippen LogP contribution in [-0.2, 0) is 11.4 Å². The quantitative estimate of drug-likeness (QED) is 0.189. The lowest BCUT2D eigenvalue weighted by Crippen LogP contribution is -2.19. The zero-order chi connectivity index (χ0) is 22.3. The fourth-order valence-electron chi connectivity index (χ4n) is 2.74. The number of ether oxygens (including phenoxy) is 1. The summed E-state index contributed by atoms with van der Waals surface area (Å²) in [6, 6.07) is 20.0. The van der Waals surface area contributed by atoms with Crippen LogP contribution < -0.4 is 10.2 Å². The van der Waals surface area contributed by atoms with E-state index in [1.807, 2.05) is 54.6 Å². The van der Waals surface area contributed by atoms with Gasteiger partial charge in [0.2, 0.25) is 0 Å². The molecule has 1 amide bonds. The highest BCUT2D eigenvalue weighted by molar-refractivity contribution is 7.99. The summed E-state index contributed by atoms with van der Waals surface area (Å²) in [6.45, 7) is 0.306. The molecule has 0 aliphatic carbocycles. The normalized spacial score (nSPS) is 11.2. The van der Waals surface area contributed by atoms with Crippen LogP contribution >= 0.6 is 35.0 Å². The van der Waals surface area contributed by atoms with Crippen molar-refractivity contribution in [2.75, 3.05) is 5.75 Å². The molecule has 0 aliphatic heterocycles. The first kappa shape index (κ1) is 22.2. The molecule has 4 rings (SSSR count). The van der Waals surface area contributed by atoms with Crippen molar-refractivity contribution in [2.24, 2.45) is 5.10 Å². The number of amides is 1. The zero-order valence-electron chi connectivity index (χ0n) is 16.6. The number of carbonyl (C=O) groups excluding carboxylic acids is 1. The third-order valence-electron chi connectivity index (χ3n) is 4.27. The average Bonchev–Trinajstić information content (AvgIpc) is 3.21. The predicted octanol–water partition coefficient (Wildman–Crippen LogP) is 5.96. The molecule has 0 saturated carbocycles. The van der Waals surface area contributed by atoms with E-state index in [0.717, 1.165) is 16.6 Å². The van der Waals surface area contributed by atoms with Crippen LogP contribution in [0.5, 0.6) is 5.75 Å². The van der Waals surface area contributed by atoms with E-state index >= 15 is 0 Å². The van der Waals surface area contributed by atoms with Gasteiger partial charge in [0.15, 0.2) is 5.58 Å². The van der Waals surface area contributed by atoms with Crippen LogP contribution in [0.1, 0.15) is 11.1 Å². The minimum Gasteiger partial charge on any atom is -0.489 e. The molecule has 32 heavy (non-hydrogen) atoms. The first-order valence-electron chi connectivity index (χ1n) is 9.54. The Morgan fingerprint density at radius 2 is 2.00 bits per heavy atom. The second-order valence-electron chi connectivity index (χ2n) is 6.63. The van der Waals surface area contributed by atoms with Crippen LogP contribution in [0.4, 0.5) is 0 Å². The highest BCUT2D eigenvalue weighted by Gasteiger charge is 2.08. The minimum absolute atomic E-state index is 0.134. The number of hydrazone groups is 1. The Morgan fingerprint density at radius 3 is 2.84 bits per heavy atom. The summed E-state index contributed by atoms with van der Waals surface area (Å²) in [5.41, 5.74) is 5.55. The molecule has 1 aromatic heterocycles. The number of aromatic nitrogens is 1. The van der Waals surface area contributed by atoms with Crippen LogP contribution in [-0.4, -0.2) is 22.9 Å². The van der Waals surface area contributed by atoms with Gasteiger partial charge in [-0.1, -0.05) is 65.3 Å². The van der Waals surface area contributed by atoms with E-state index in [0.29, 0.717) is 33.2 Å². The number of carbonyl (C=O) groups is 1. The van der Waals surface area contributed by atoms with Crippen LogP contribution in [0.2, 0.25) is 10.0 Å². The highest BCUT2D eigenvalue weighted by Crippen LogP contribution is 2.24. The number of hydrogen-bond donors (Lipinski definition) is 1. The first-order valence-corrected chi connectivity index (χ1v) is 11.3. The molecule has 0 atom stereocenters. The van der Waals surface area contributed by atoms with Crippen LogP contribution in [0.3, 0.4) is 0 Å². The second-order valence-corrected chi connectivity index (χ2v) is 8.40. The molecular weight excluding hydrogens is 469 g/mol. The maximum atomic E-state index is 12.0. The first-order chi connectivity index (χ1) is 15.6. The van der Waals surface area contributed by atoms with Gasteiger partial charge in [0.1, 0.15) is 17.9 Å². The van der Waals surface area contributed by atoms with Crippen LogP contribution in [0.25, 0.3) is 11.1 Å². The molecule has 0 aliphatic rings. The van der Waals surface area contributed by atoms with Gasteiger partial charge in [0.05, 0.1) is 12.0 Å². The molecule has 0 bridgehead atoms. The molecule has 1 heterocycles. The lowest BCUT2D eigenvalue weighted by Gasteiger charge is -2.08. The molecule has 0 saturated heterocycles. The van der Waals surface area contributed by atoms with Gasteiger partial charge in [-0.05, 0) is 42.0 Å². The molecule has 9 heteroatoms. The number of halogens is 2. The predicted molar refractivity (Wildman–Crippen MR) is 128 cm³/mol. The summed E-state index contributed by atoms with van der Waals surface area (Å²) >= 11 is 13.3. The molecule has 3 aromatic carbocycles. The number of para-hydroxylation sites is 2. The summed E-state index contributed by atoms with van der Waals surface area (Å²) in [6.07, 6.45) is 1.55. The van der Waals surface area contributed by atoms with Gasteiger partial charge in [0.25, 0.3) is 11.1 Å². The van der Waals surface area contributed by atoms with Crippen molar-refractivity contribution in [1.82, 2.24) is 10.4 Å². The molecule has 162 valence electrons. The van der Waals surface area contributed by atoms with Gasteiger partial charge < -0.3 is 9.15 Å². The Morgan fingerprint density at radius 1 is 1.12 bits per heavy atom. The van der Waals surface area contributed by atoms with Crippen molar-refractivity contribution < 1.29 is 13.9 Å². The summed E-state index contributed by atoms with van der Waals surface area (Å²) in [5, 5.41) is 5.57. The number of fused-ring (bicyclic) bond motifs is 1. The largest absolute Gasteiger partial charge is 0.489 e. The number of nitrogens with zero attached hydrogens (tertiary/aromatic N) is 2. The number of thioether (sulfide) groups is 1. The van der Waals surface area contributed by atoms with Gasteiger partial charge in [-0.15, -0.1) is 0 Å². The molecular formula is C23H17Cl2N3O3S. The van der Waals surface area contributed by atoms with E-state index in [9.17, 15) is 4.79 Å². The SMILES string of the molecule is O=C(CSc1nc2ccccc2o1)N/N=C\c1cccc(OCc2ccc(Cl)cc2Cl)c1. The van der Waals surface area contributed by atoms with Crippen molar-refractivity contribution in [3.05, 3.63) is 87.9 Å². The molecule has 4 aromatic rings. The fourth-order valence-corrected chi connectivity index (χ4v) is 3.83. The monoisotopic (exact) mass is 485 g/mol. The van der Waals surface area contributed by atoms with Gasteiger partial charge >= 0.3 is 0 Å². The highest BCUT2D eigenvalue weighted by atomic mass is 35.5. The summed E-state index contributed by atoms with van der Waals surface area (Å²) in [7, 11) is 0. The third kappa shape index (κ3) is 6.03. The van der Waals surface area contributed by atoms with Crippen molar-refractivity contribution in [3.8, 4) is 5.75 Å². The van der Waals surface area contributed by atoms with Crippen molar-refractivity contribution in [3.63, 3.8) is 0 Å². The van der Waals surface area contributed by atoms with Gasteiger partial charge in [-0.3, -0.25) is 4.79 Å². The Hall–Kier alpha value is -3.00. The molecule has 0 radical (unpaired) electrons. The van der Waals surface area contributed by atoms with Crippen LogP contribution in [0.15, 0.2) is 81.5 Å². The van der Waals surface area contributed by atoms with Crippen molar-refractivity contribution in [2.45, 2.75) is 11.8 Å². The fraction of sp³-hybridized carbons (Fsp3) is 0.0870. The van der Waals surface area contributed by atoms with E-state index in [1.165, 1.54) is 11.8 Å². The summed E-state index contributed by atoms with van der Waals surface area (Å²) < 4.78 is 11.4. The Kier molecular flexibility index (Phi) is 7.32. The minimum atomic E-state index is -0.265. The van der Waals surface area contributed by atoms with E-state index in [-0.39, 0.29) is 11.7 Å². The lowest BCUT2D eigenvalue weighted by molar-refractivity contribution is -0.118. The number of rotatable bonds is 8. The summed E-state index contributed by atoms with van der Waals surface area (Å²) in [5.74, 6) is 0.519. The average molecular weight is 486 g/mol. The standard InChI is InChI=1S/C23H17Cl2N3O3S/c24-17-9-8-16(19(25)11-17)13-30-18-5-3-4-15(10-18)12-26-28-22(29)14-32-23-27-20-6-1-2-7-21(20)31-23/h1-12H,13-14H2,(H,28,29)/b26-12-. The van der Waals surface area contributed by atoms with E-state index < -0.39 is 0 Å². The van der Waals surface area contributed by atoms with Crippen molar-refractivity contribution in [1.29, 1.82) is 0 Å². The molecule has 1 N–H and O–H groups in total. The summed E-state index contributed by atoms with van der Waals surface area (Å²) in [4.78, 5) is 16.4. The lowest BCUT2D eigenvalue weighted by atomic mass is 10.2. The number of oxazole rings is 1. The Bertz CT molecular complexity index is 1240. The van der Waals surface area contributed by atoms with E-state index in [4.69, 9.17) is 32.4 Å². The molecule has 0 fully saturated rings. The second kappa shape index (κ2) is 10.5. The van der Waals surface area contributed by atoms with Gasteiger partial charge in [-0.25, -0.2) is 10.4 Å². The third-order valence-corrected chi connectivity index (χ3v) is 5.69. The van der Waals surface area contributed by atoms with Crippen molar-refractivity contribution >= 4 is 58.2 Å². The maximum absolute atomic E-state index is 12.0. The van der Waals surface area contributed by atoms with Gasteiger partial charge in [-0.2, -0.15) is 5.10 Å². The van der Waals surface area contributed by atoms with Gasteiger partial charge in [0, 0.05) is 15.6 Å². The number of benzene rings is 3.